The second-order valence-corrected chi connectivity index (χ2v) is 5.54. The number of rotatable bonds is 6. The third-order valence-electron chi connectivity index (χ3n) is 3.03. The first kappa shape index (κ1) is 17.1. The van der Waals surface area contributed by atoms with Gasteiger partial charge in [0.1, 0.15) is 6.54 Å². The van der Waals surface area contributed by atoms with Gasteiger partial charge in [-0.2, -0.15) is 0 Å². The number of nitrogens with one attached hydrogen (secondary N) is 2. The standard InChI is InChI=1S/C16H14Cl2N2O3/c17-11-5-3-6-12(18)16(11)20-13-7-2-1-4-10(13)8-14(21)19-9-15(22)23/h1-7,20H,8-9H2,(H,19,21)(H,22,23). The molecular formula is C16H14Cl2N2O3. The smallest absolute Gasteiger partial charge is 0.322 e. The van der Waals surface area contributed by atoms with E-state index in [1.165, 1.54) is 0 Å². The van der Waals surface area contributed by atoms with E-state index in [9.17, 15) is 9.59 Å². The van der Waals surface area contributed by atoms with E-state index in [1.807, 2.05) is 6.07 Å². The Balaban J connectivity index is 2.18. The summed E-state index contributed by atoms with van der Waals surface area (Å²) in [5, 5.41) is 14.9. The molecule has 0 spiro atoms. The predicted molar refractivity (Wildman–Crippen MR) is 90.5 cm³/mol. The normalized spacial score (nSPS) is 10.2. The highest BCUT2D eigenvalue weighted by Gasteiger charge is 2.11. The molecular weight excluding hydrogens is 339 g/mol. The Morgan fingerprint density at radius 1 is 1.00 bits per heavy atom. The summed E-state index contributed by atoms with van der Waals surface area (Å²) < 4.78 is 0. The van der Waals surface area contributed by atoms with Crippen molar-refractivity contribution in [1.82, 2.24) is 5.32 Å². The van der Waals surface area contributed by atoms with Gasteiger partial charge < -0.3 is 15.7 Å². The lowest BCUT2D eigenvalue weighted by Crippen LogP contribution is -2.30. The summed E-state index contributed by atoms with van der Waals surface area (Å²) in [6.45, 7) is -0.412. The number of benzene rings is 2. The summed E-state index contributed by atoms with van der Waals surface area (Å²) >= 11 is 12.3. The number of halogens is 2. The van der Waals surface area contributed by atoms with Crippen molar-refractivity contribution in [3.8, 4) is 0 Å². The van der Waals surface area contributed by atoms with Crippen LogP contribution in [0.4, 0.5) is 11.4 Å². The Labute approximate surface area is 143 Å². The summed E-state index contributed by atoms with van der Waals surface area (Å²) in [5.41, 5.74) is 1.92. The molecule has 0 aliphatic rings. The monoisotopic (exact) mass is 352 g/mol. The molecule has 0 atom stereocenters. The molecule has 0 aromatic heterocycles. The van der Waals surface area contributed by atoms with Crippen molar-refractivity contribution in [3.05, 3.63) is 58.1 Å². The molecule has 0 heterocycles. The summed E-state index contributed by atoms with van der Waals surface area (Å²) in [4.78, 5) is 22.3. The van der Waals surface area contributed by atoms with Crippen LogP contribution in [-0.2, 0) is 16.0 Å². The molecule has 5 nitrogen and oxygen atoms in total. The number of carbonyl (C=O) groups excluding carboxylic acids is 1. The average Bonchev–Trinajstić information content (AvgIpc) is 2.50. The molecule has 0 aliphatic heterocycles. The molecule has 0 radical (unpaired) electrons. The lowest BCUT2D eigenvalue weighted by molar-refractivity contribution is -0.137. The van der Waals surface area contributed by atoms with Crippen molar-refractivity contribution in [2.45, 2.75) is 6.42 Å². The Hall–Kier alpha value is -2.24. The van der Waals surface area contributed by atoms with Crippen LogP contribution in [-0.4, -0.2) is 23.5 Å². The molecule has 0 bridgehead atoms. The topological polar surface area (TPSA) is 78.4 Å². The van der Waals surface area contributed by atoms with Gasteiger partial charge >= 0.3 is 5.97 Å². The molecule has 3 N–H and O–H groups in total. The summed E-state index contributed by atoms with van der Waals surface area (Å²) in [6.07, 6.45) is 0.0402. The number of anilines is 2. The molecule has 0 unspecified atom stereocenters. The molecule has 0 saturated heterocycles. The minimum absolute atomic E-state index is 0.0402. The van der Waals surface area contributed by atoms with E-state index in [0.29, 0.717) is 27.0 Å². The lowest BCUT2D eigenvalue weighted by atomic mass is 10.1. The van der Waals surface area contributed by atoms with Gasteiger partial charge in [-0.25, -0.2) is 0 Å². The third-order valence-corrected chi connectivity index (χ3v) is 3.66. The number of carboxylic acids is 1. The maximum absolute atomic E-state index is 11.8. The summed E-state index contributed by atoms with van der Waals surface area (Å²) in [7, 11) is 0. The van der Waals surface area contributed by atoms with E-state index in [4.69, 9.17) is 28.3 Å². The maximum Gasteiger partial charge on any atom is 0.322 e. The van der Waals surface area contributed by atoms with E-state index in [1.54, 1.807) is 36.4 Å². The molecule has 2 aromatic rings. The highest BCUT2D eigenvalue weighted by molar-refractivity contribution is 6.39. The molecule has 120 valence electrons. The number of para-hydroxylation sites is 2. The van der Waals surface area contributed by atoms with Crippen molar-refractivity contribution < 1.29 is 14.7 Å². The van der Waals surface area contributed by atoms with Crippen LogP contribution in [0, 0.1) is 0 Å². The number of hydrogen-bond donors (Lipinski definition) is 3. The number of carboxylic acid groups (broad SMARTS) is 1. The van der Waals surface area contributed by atoms with Gasteiger partial charge in [0.25, 0.3) is 0 Å². The van der Waals surface area contributed by atoms with Gasteiger partial charge in [0.2, 0.25) is 5.91 Å². The molecule has 0 aliphatic carbocycles. The van der Waals surface area contributed by atoms with Crippen LogP contribution in [0.15, 0.2) is 42.5 Å². The Morgan fingerprint density at radius 3 is 2.30 bits per heavy atom. The second kappa shape index (κ2) is 7.85. The van der Waals surface area contributed by atoms with Crippen molar-refractivity contribution in [1.29, 1.82) is 0 Å². The predicted octanol–water partition coefficient (Wildman–Crippen LogP) is 3.48. The minimum atomic E-state index is -1.09. The first-order chi connectivity index (χ1) is 11.0. The maximum atomic E-state index is 11.8. The van der Waals surface area contributed by atoms with Gasteiger partial charge in [-0.1, -0.05) is 47.5 Å². The SMILES string of the molecule is O=C(O)CNC(=O)Cc1ccccc1Nc1c(Cl)cccc1Cl. The Morgan fingerprint density at radius 2 is 1.65 bits per heavy atom. The Bertz CT molecular complexity index is 715. The highest BCUT2D eigenvalue weighted by Crippen LogP contribution is 2.33. The Kier molecular flexibility index (Phi) is 5.84. The minimum Gasteiger partial charge on any atom is -0.480 e. The lowest BCUT2D eigenvalue weighted by Gasteiger charge is -2.14. The van der Waals surface area contributed by atoms with Crippen LogP contribution >= 0.6 is 23.2 Å². The van der Waals surface area contributed by atoms with Gasteiger partial charge in [0.15, 0.2) is 0 Å². The fourth-order valence-electron chi connectivity index (χ4n) is 1.96. The summed E-state index contributed by atoms with van der Waals surface area (Å²) in [5.74, 6) is -1.47. The number of aliphatic carboxylic acids is 1. The van der Waals surface area contributed by atoms with E-state index in [2.05, 4.69) is 10.6 Å². The number of hydrogen-bond acceptors (Lipinski definition) is 3. The quantitative estimate of drug-likeness (QED) is 0.743. The summed E-state index contributed by atoms with van der Waals surface area (Å²) in [6, 6.07) is 12.3. The van der Waals surface area contributed by atoms with E-state index >= 15 is 0 Å². The largest absolute Gasteiger partial charge is 0.480 e. The second-order valence-electron chi connectivity index (χ2n) is 4.73. The molecule has 1 amide bonds. The zero-order valence-corrected chi connectivity index (χ0v) is 13.5. The molecule has 23 heavy (non-hydrogen) atoms. The fourth-order valence-corrected chi connectivity index (χ4v) is 2.45. The fraction of sp³-hybridized carbons (Fsp3) is 0.125. The van der Waals surface area contributed by atoms with Gasteiger partial charge in [-0.05, 0) is 23.8 Å². The first-order valence-corrected chi connectivity index (χ1v) is 7.50. The van der Waals surface area contributed by atoms with Gasteiger partial charge in [0, 0.05) is 5.69 Å². The van der Waals surface area contributed by atoms with Gasteiger partial charge in [-0.15, -0.1) is 0 Å². The van der Waals surface area contributed by atoms with Crippen LogP contribution in [0.3, 0.4) is 0 Å². The van der Waals surface area contributed by atoms with Crippen molar-refractivity contribution in [2.24, 2.45) is 0 Å². The number of carbonyl (C=O) groups is 2. The van der Waals surface area contributed by atoms with Gasteiger partial charge in [0.05, 0.1) is 22.2 Å². The van der Waals surface area contributed by atoms with Gasteiger partial charge in [-0.3, -0.25) is 9.59 Å². The number of amides is 1. The molecule has 7 heteroatoms. The van der Waals surface area contributed by atoms with Crippen LogP contribution in [0.2, 0.25) is 10.0 Å². The zero-order valence-electron chi connectivity index (χ0n) is 12.0. The van der Waals surface area contributed by atoms with Crippen molar-refractivity contribution in [3.63, 3.8) is 0 Å². The average molecular weight is 353 g/mol. The van der Waals surface area contributed by atoms with E-state index in [-0.39, 0.29) is 12.3 Å². The molecule has 2 rings (SSSR count). The van der Waals surface area contributed by atoms with Crippen LogP contribution in [0.1, 0.15) is 5.56 Å². The molecule has 0 fully saturated rings. The zero-order chi connectivity index (χ0) is 16.8. The van der Waals surface area contributed by atoms with Crippen LogP contribution in [0.25, 0.3) is 0 Å². The third kappa shape index (κ3) is 4.87. The molecule has 0 saturated carbocycles. The highest BCUT2D eigenvalue weighted by atomic mass is 35.5. The first-order valence-electron chi connectivity index (χ1n) is 6.75. The molecule has 2 aromatic carbocycles. The van der Waals surface area contributed by atoms with E-state index < -0.39 is 12.5 Å². The van der Waals surface area contributed by atoms with Crippen molar-refractivity contribution >= 4 is 46.5 Å². The van der Waals surface area contributed by atoms with Crippen molar-refractivity contribution in [2.75, 3.05) is 11.9 Å². The van der Waals surface area contributed by atoms with Crippen LogP contribution in [0.5, 0.6) is 0 Å². The van der Waals surface area contributed by atoms with E-state index in [0.717, 1.165) is 0 Å². The van der Waals surface area contributed by atoms with Crippen LogP contribution < -0.4 is 10.6 Å².